The zero-order chi connectivity index (χ0) is 3.58. The largest absolute Gasteiger partial charge is 0.439 e. The average molecular weight is 157 g/mol. The predicted octanol–water partition coefficient (Wildman–Crippen LogP) is -0.0718. The van der Waals surface area contributed by atoms with E-state index in [0.29, 0.717) is 0 Å². The summed E-state index contributed by atoms with van der Waals surface area (Å²) in [6.45, 7) is 0. The number of rotatable bonds is 0. The molecule has 0 aliphatic carbocycles. The van der Waals surface area contributed by atoms with Crippen LogP contribution in [0.3, 0.4) is 0 Å². The van der Waals surface area contributed by atoms with Crippen molar-refractivity contribution in [1.29, 1.82) is 0 Å². The van der Waals surface area contributed by atoms with Gasteiger partial charge in [0.25, 0.3) is 0 Å². The first-order valence-corrected chi connectivity index (χ1v) is 1.55. The van der Waals surface area contributed by atoms with Gasteiger partial charge in [-0.25, -0.2) is 0 Å². The maximum Gasteiger partial charge on any atom is 0.0495 e. The molecule has 0 saturated carbocycles. The molecule has 0 aliphatic rings. The van der Waals surface area contributed by atoms with Crippen molar-refractivity contribution in [3.05, 3.63) is 0 Å². The summed E-state index contributed by atoms with van der Waals surface area (Å²) in [6, 6.07) is 0. The molecule has 0 amide bonds. The molecule has 4 nitrogen and oxygen atoms in total. The summed E-state index contributed by atoms with van der Waals surface area (Å²) in [5, 5.41) is 0. The fourth-order valence-electron chi connectivity index (χ4n) is 0. The minimum absolute atomic E-state index is 0. The van der Waals surface area contributed by atoms with Crippen LogP contribution >= 0.6 is 0 Å². The minimum Gasteiger partial charge on any atom is -0.439 e. The number of hydrogen-bond acceptors (Lipinski definition) is 4. The van der Waals surface area contributed by atoms with Gasteiger partial charge >= 0.3 is 0 Å². The maximum absolute atomic E-state index is 8.56. The first kappa shape index (κ1) is 16.2. The van der Waals surface area contributed by atoms with Gasteiger partial charge < -0.3 is 19.1 Å². The first-order valence-electron chi connectivity index (χ1n) is 0.516. The van der Waals surface area contributed by atoms with E-state index in [9.17, 15) is 0 Å². The van der Waals surface area contributed by atoms with E-state index >= 15 is 0 Å². The van der Waals surface area contributed by atoms with Gasteiger partial charge in [0.15, 0.2) is 0 Å². The van der Waals surface area contributed by atoms with E-state index in [1.165, 1.54) is 0 Å². The van der Waals surface area contributed by atoms with E-state index in [1.807, 2.05) is 0 Å². The van der Waals surface area contributed by atoms with Crippen LogP contribution in [0, 0.1) is 0 Å². The Labute approximate surface area is 47.2 Å². The monoisotopic (exact) mass is 156 g/mol. The van der Waals surface area contributed by atoms with Gasteiger partial charge in [0.1, 0.15) is 0 Å². The topological polar surface area (TPSA) is 89.4 Å². The Bertz CT molecular complexity index is 59.2. The molecule has 4 N–H and O–H groups in total. The summed E-state index contributed by atoms with van der Waals surface area (Å²) in [5.74, 6) is 0. The fourth-order valence-corrected chi connectivity index (χ4v) is 0. The van der Waals surface area contributed by atoms with Gasteiger partial charge in [-0.2, -0.15) is 0 Å². The quantitative estimate of drug-likeness (QED) is 0.223. The summed E-state index contributed by atoms with van der Waals surface area (Å²) >= 11 is 0. The smallest absolute Gasteiger partial charge is 0.0495 e. The first-order chi connectivity index (χ1) is 1.73. The van der Waals surface area contributed by atoms with E-state index < -0.39 is 11.0 Å². The molecular formula is H4NNiO3S-. The Morgan fingerprint density at radius 1 is 1.33 bits per heavy atom. The molecule has 0 rings (SSSR count). The Morgan fingerprint density at radius 3 is 1.33 bits per heavy atom. The molecule has 0 saturated heterocycles. The van der Waals surface area contributed by atoms with Gasteiger partial charge in [0.2, 0.25) is 0 Å². The van der Waals surface area contributed by atoms with E-state index in [-0.39, 0.29) is 22.6 Å². The van der Waals surface area contributed by atoms with Crippen molar-refractivity contribution in [2.75, 3.05) is 0 Å². The van der Waals surface area contributed by atoms with Gasteiger partial charge in [-0.15, -0.1) is 0 Å². The Balaban J connectivity index is -0.0000000450. The van der Waals surface area contributed by atoms with E-state index in [0.717, 1.165) is 0 Å². The molecule has 0 heterocycles. The number of hydrogen-bond donors (Lipinski definition) is 2. The molecule has 0 aromatic rings. The third-order valence-corrected chi connectivity index (χ3v) is 0. The average Bonchev–Trinajstić information content (AvgIpc) is 0.811. The van der Waals surface area contributed by atoms with E-state index in [2.05, 4.69) is 0 Å². The molecule has 6 heteroatoms. The van der Waals surface area contributed by atoms with Crippen molar-refractivity contribution in [3.8, 4) is 0 Å². The molecule has 6 heavy (non-hydrogen) atoms. The molecule has 0 aromatic carbocycles. The van der Waals surface area contributed by atoms with Crippen LogP contribution in [0.1, 0.15) is 0 Å². The zero-order valence-corrected chi connectivity index (χ0v) is 4.50. The fraction of sp³-hybridized carbons (Fsp3) is 0. The van der Waals surface area contributed by atoms with Crippen LogP contribution in [-0.2, 0) is 35.9 Å². The van der Waals surface area contributed by atoms with Crippen LogP contribution in [0.2, 0.25) is 0 Å². The van der Waals surface area contributed by atoms with Gasteiger partial charge in [-0.1, -0.05) is 0 Å². The van der Waals surface area contributed by atoms with Crippen molar-refractivity contribution in [2.24, 2.45) is 0 Å². The summed E-state index contributed by atoms with van der Waals surface area (Å²) in [7, 11) is -2.86. The normalized spacial score (nSPS) is 5.67. The van der Waals surface area contributed by atoms with Gasteiger partial charge in [0, 0.05) is 27.5 Å². The Hall–Kier alpha value is 0.364. The second-order valence-electron chi connectivity index (χ2n) is 0.217. The second-order valence-corrected chi connectivity index (χ2v) is 0.651. The zero-order valence-electron chi connectivity index (χ0n) is 2.70. The maximum atomic E-state index is 8.56. The molecule has 0 aromatic heterocycles. The Morgan fingerprint density at radius 2 is 1.33 bits per heavy atom. The van der Waals surface area contributed by atoms with E-state index in [1.54, 1.807) is 0 Å². The molecule has 0 atom stereocenters. The Kier molecular flexibility index (Phi) is 24.3. The molecule has 44 valence electrons. The van der Waals surface area contributed by atoms with Crippen molar-refractivity contribution in [3.63, 3.8) is 0 Å². The van der Waals surface area contributed by atoms with Crippen LogP contribution < -0.4 is 6.15 Å². The predicted molar refractivity (Wildman–Crippen MR) is 16.4 cm³/mol. The SMILES string of the molecule is N.O=[S-](=O)O.[Ni]. The summed E-state index contributed by atoms with van der Waals surface area (Å²) < 4.78 is 24.1. The third-order valence-electron chi connectivity index (χ3n) is 0. The standard InChI is InChI=1S/H3N.Ni.HO3S/c;;1-4(2)3/h1H3;;(H,1,2,3)/q;;-1. The molecular weight excluding hydrogens is 153 g/mol. The van der Waals surface area contributed by atoms with Gasteiger partial charge in [-0.3, -0.25) is 0 Å². The van der Waals surface area contributed by atoms with E-state index in [4.69, 9.17) is 13.0 Å². The second kappa shape index (κ2) is 9.03. The van der Waals surface area contributed by atoms with Crippen LogP contribution in [0.4, 0.5) is 0 Å². The summed E-state index contributed by atoms with van der Waals surface area (Å²) in [4.78, 5) is 0. The van der Waals surface area contributed by atoms with Crippen molar-refractivity contribution >= 4 is 11.0 Å². The van der Waals surface area contributed by atoms with Crippen LogP contribution in [-0.4, -0.2) is 4.55 Å². The van der Waals surface area contributed by atoms with Crippen LogP contribution in [0.5, 0.6) is 0 Å². The van der Waals surface area contributed by atoms with Crippen LogP contribution in [0.15, 0.2) is 0 Å². The van der Waals surface area contributed by atoms with Gasteiger partial charge in [-0.05, 0) is 0 Å². The minimum atomic E-state index is -2.86. The van der Waals surface area contributed by atoms with Gasteiger partial charge in [0.05, 0.1) is 0 Å². The molecule has 0 aliphatic heterocycles. The molecule has 0 fully saturated rings. The summed E-state index contributed by atoms with van der Waals surface area (Å²) in [5.41, 5.74) is 0. The third kappa shape index (κ3) is 374. The molecule has 0 bridgehead atoms. The molecule has 0 unspecified atom stereocenters. The molecule has 0 radical (unpaired) electrons. The molecule has 0 spiro atoms. The van der Waals surface area contributed by atoms with Crippen LogP contribution in [0.25, 0.3) is 0 Å². The van der Waals surface area contributed by atoms with Crippen molar-refractivity contribution in [1.82, 2.24) is 6.15 Å². The van der Waals surface area contributed by atoms with Crippen molar-refractivity contribution < 1.29 is 29.5 Å². The van der Waals surface area contributed by atoms with Crippen molar-refractivity contribution in [2.45, 2.75) is 0 Å². The summed E-state index contributed by atoms with van der Waals surface area (Å²) in [6.07, 6.45) is 0.